The van der Waals surface area contributed by atoms with Gasteiger partial charge in [-0.2, -0.15) is 0 Å². The molecule has 0 unspecified atom stereocenters. The Morgan fingerprint density at radius 2 is 2.38 bits per heavy atom. The summed E-state index contributed by atoms with van der Waals surface area (Å²) in [6.45, 7) is 6.29. The quantitative estimate of drug-likeness (QED) is 0.881. The maximum atomic E-state index is 11.0. The molecule has 0 radical (unpaired) electrons. The van der Waals surface area contributed by atoms with Crippen LogP contribution in [0.5, 0.6) is 0 Å². The zero-order valence-electron chi connectivity index (χ0n) is 9.69. The van der Waals surface area contributed by atoms with E-state index in [1.807, 2.05) is 11.4 Å². The van der Waals surface area contributed by atoms with E-state index >= 15 is 0 Å². The standard InChI is InChI=1S/C12H17NO2S/c1-12(2)5-3-6-13(12)8-9-4-7-16-10(9)11(14)15/h4,7H,3,5-6,8H2,1-2H3,(H,14,15). The third-order valence-corrected chi connectivity index (χ3v) is 4.32. The molecule has 0 aromatic carbocycles. The predicted octanol–water partition coefficient (Wildman–Crippen LogP) is 2.82. The molecule has 1 aliphatic heterocycles. The molecule has 1 N–H and O–H groups in total. The molecule has 2 rings (SSSR count). The van der Waals surface area contributed by atoms with Crippen LogP contribution in [0.1, 0.15) is 41.9 Å². The van der Waals surface area contributed by atoms with Crippen molar-refractivity contribution >= 4 is 17.3 Å². The number of thiophene rings is 1. The van der Waals surface area contributed by atoms with Crippen molar-refractivity contribution in [1.29, 1.82) is 0 Å². The first-order chi connectivity index (χ1) is 7.50. The van der Waals surface area contributed by atoms with Crippen molar-refractivity contribution in [2.45, 2.75) is 38.8 Å². The van der Waals surface area contributed by atoms with Crippen LogP contribution in [0.2, 0.25) is 0 Å². The van der Waals surface area contributed by atoms with E-state index < -0.39 is 5.97 Å². The molecule has 1 aromatic rings. The van der Waals surface area contributed by atoms with Crippen molar-refractivity contribution in [3.05, 3.63) is 21.9 Å². The van der Waals surface area contributed by atoms with Gasteiger partial charge in [0.15, 0.2) is 0 Å². The fourth-order valence-corrected chi connectivity index (χ4v) is 3.06. The van der Waals surface area contributed by atoms with E-state index in [2.05, 4.69) is 18.7 Å². The van der Waals surface area contributed by atoms with Crippen LogP contribution in [0.4, 0.5) is 0 Å². The first kappa shape index (κ1) is 11.6. The molecular formula is C12H17NO2S. The normalized spacial score (nSPS) is 20.1. The Morgan fingerprint density at radius 3 is 2.94 bits per heavy atom. The van der Waals surface area contributed by atoms with Gasteiger partial charge in [0.25, 0.3) is 0 Å². The summed E-state index contributed by atoms with van der Waals surface area (Å²) >= 11 is 1.31. The molecule has 4 heteroatoms. The Labute approximate surface area is 99.7 Å². The number of carbonyl (C=O) groups is 1. The van der Waals surface area contributed by atoms with Crippen LogP contribution in [0, 0.1) is 0 Å². The molecule has 1 aromatic heterocycles. The lowest BCUT2D eigenvalue weighted by molar-refractivity contribution is 0.0698. The molecule has 0 aliphatic carbocycles. The Bertz CT molecular complexity index is 397. The number of carboxylic acid groups (broad SMARTS) is 1. The summed E-state index contributed by atoms with van der Waals surface area (Å²) in [5.74, 6) is -0.804. The van der Waals surface area contributed by atoms with E-state index in [0.717, 1.165) is 18.7 Å². The summed E-state index contributed by atoms with van der Waals surface area (Å²) in [4.78, 5) is 13.9. The van der Waals surface area contributed by atoms with Crippen molar-refractivity contribution in [1.82, 2.24) is 4.90 Å². The Kier molecular flexibility index (Phi) is 3.04. The van der Waals surface area contributed by atoms with Crippen molar-refractivity contribution in [2.24, 2.45) is 0 Å². The number of likely N-dealkylation sites (tertiary alicyclic amines) is 1. The number of hydrogen-bond acceptors (Lipinski definition) is 3. The highest BCUT2D eigenvalue weighted by molar-refractivity contribution is 7.12. The van der Waals surface area contributed by atoms with Gasteiger partial charge in [0, 0.05) is 12.1 Å². The second kappa shape index (κ2) is 4.18. The maximum absolute atomic E-state index is 11.0. The first-order valence-corrected chi connectivity index (χ1v) is 6.43. The average molecular weight is 239 g/mol. The lowest BCUT2D eigenvalue weighted by Crippen LogP contribution is -2.37. The largest absolute Gasteiger partial charge is 0.477 e. The minimum Gasteiger partial charge on any atom is -0.477 e. The van der Waals surface area contributed by atoms with Gasteiger partial charge < -0.3 is 5.11 Å². The zero-order valence-corrected chi connectivity index (χ0v) is 10.5. The van der Waals surface area contributed by atoms with E-state index in [1.54, 1.807) is 0 Å². The molecule has 0 amide bonds. The zero-order chi connectivity index (χ0) is 11.8. The Morgan fingerprint density at radius 1 is 1.62 bits per heavy atom. The fourth-order valence-electron chi connectivity index (χ4n) is 2.31. The summed E-state index contributed by atoms with van der Waals surface area (Å²) in [6, 6.07) is 1.93. The van der Waals surface area contributed by atoms with Gasteiger partial charge in [-0.15, -0.1) is 11.3 Å². The van der Waals surface area contributed by atoms with Crippen molar-refractivity contribution in [3.8, 4) is 0 Å². The van der Waals surface area contributed by atoms with Crippen LogP contribution < -0.4 is 0 Å². The molecule has 0 bridgehead atoms. The third kappa shape index (κ3) is 2.13. The molecule has 0 saturated carbocycles. The lowest BCUT2D eigenvalue weighted by atomic mass is 10.0. The summed E-state index contributed by atoms with van der Waals surface area (Å²) in [5, 5.41) is 10.9. The first-order valence-electron chi connectivity index (χ1n) is 5.55. The maximum Gasteiger partial charge on any atom is 0.346 e. The summed E-state index contributed by atoms with van der Waals surface area (Å²) < 4.78 is 0. The Balaban J connectivity index is 2.15. The topological polar surface area (TPSA) is 40.5 Å². The number of carboxylic acids is 1. The van der Waals surface area contributed by atoms with Crippen molar-refractivity contribution in [3.63, 3.8) is 0 Å². The predicted molar refractivity (Wildman–Crippen MR) is 65.0 cm³/mol. The number of aromatic carboxylic acids is 1. The van der Waals surface area contributed by atoms with Crippen LogP contribution in [-0.4, -0.2) is 28.1 Å². The highest BCUT2D eigenvalue weighted by Crippen LogP contribution is 2.31. The van der Waals surface area contributed by atoms with Gasteiger partial charge in [-0.05, 0) is 50.2 Å². The fraction of sp³-hybridized carbons (Fsp3) is 0.583. The molecule has 0 spiro atoms. The average Bonchev–Trinajstić information content (AvgIpc) is 2.74. The van der Waals surface area contributed by atoms with Gasteiger partial charge in [0.05, 0.1) is 0 Å². The highest BCUT2D eigenvalue weighted by atomic mass is 32.1. The summed E-state index contributed by atoms with van der Waals surface area (Å²) in [5.41, 5.74) is 1.16. The number of nitrogens with zero attached hydrogens (tertiary/aromatic N) is 1. The van der Waals surface area contributed by atoms with Gasteiger partial charge in [-0.25, -0.2) is 4.79 Å². The SMILES string of the molecule is CC1(C)CCCN1Cc1ccsc1C(=O)O. The summed E-state index contributed by atoms with van der Waals surface area (Å²) in [7, 11) is 0. The Hall–Kier alpha value is -0.870. The number of rotatable bonds is 3. The minimum absolute atomic E-state index is 0.206. The molecule has 88 valence electrons. The van der Waals surface area contributed by atoms with Crippen molar-refractivity contribution < 1.29 is 9.90 Å². The van der Waals surface area contributed by atoms with Gasteiger partial charge in [-0.1, -0.05) is 0 Å². The van der Waals surface area contributed by atoms with Crippen LogP contribution in [0.25, 0.3) is 0 Å². The molecule has 1 saturated heterocycles. The number of hydrogen-bond donors (Lipinski definition) is 1. The van der Waals surface area contributed by atoms with E-state index in [1.165, 1.54) is 24.2 Å². The molecule has 1 fully saturated rings. The van der Waals surface area contributed by atoms with Crippen LogP contribution in [0.3, 0.4) is 0 Å². The molecule has 3 nitrogen and oxygen atoms in total. The molecule has 2 heterocycles. The van der Waals surface area contributed by atoms with Crippen LogP contribution in [0.15, 0.2) is 11.4 Å². The van der Waals surface area contributed by atoms with Crippen molar-refractivity contribution in [2.75, 3.05) is 6.54 Å². The van der Waals surface area contributed by atoms with E-state index in [0.29, 0.717) is 4.88 Å². The van der Waals surface area contributed by atoms with Gasteiger partial charge in [-0.3, -0.25) is 4.90 Å². The van der Waals surface area contributed by atoms with Gasteiger partial charge >= 0.3 is 5.97 Å². The van der Waals surface area contributed by atoms with E-state index in [-0.39, 0.29) is 5.54 Å². The molecule has 0 atom stereocenters. The van der Waals surface area contributed by atoms with E-state index in [9.17, 15) is 4.79 Å². The second-order valence-corrected chi connectivity index (χ2v) is 5.83. The second-order valence-electron chi connectivity index (χ2n) is 4.92. The van der Waals surface area contributed by atoms with Crippen LogP contribution >= 0.6 is 11.3 Å². The highest BCUT2D eigenvalue weighted by Gasteiger charge is 2.32. The van der Waals surface area contributed by atoms with Crippen LogP contribution in [-0.2, 0) is 6.54 Å². The lowest BCUT2D eigenvalue weighted by Gasteiger charge is -2.31. The van der Waals surface area contributed by atoms with Gasteiger partial charge in [0.1, 0.15) is 4.88 Å². The third-order valence-electron chi connectivity index (χ3n) is 3.37. The molecule has 16 heavy (non-hydrogen) atoms. The summed E-state index contributed by atoms with van der Waals surface area (Å²) in [6.07, 6.45) is 2.40. The minimum atomic E-state index is -0.804. The van der Waals surface area contributed by atoms with E-state index in [4.69, 9.17) is 5.11 Å². The van der Waals surface area contributed by atoms with Gasteiger partial charge in [0.2, 0.25) is 0 Å². The smallest absolute Gasteiger partial charge is 0.346 e. The monoisotopic (exact) mass is 239 g/mol. The molecule has 1 aliphatic rings. The molecular weight excluding hydrogens is 222 g/mol.